The molecule has 7 heteroatoms. The number of nitrogen functional groups attached to an aromatic ring is 1. The van der Waals surface area contributed by atoms with E-state index in [1.54, 1.807) is 23.7 Å². The molecule has 0 unspecified atom stereocenters. The molecule has 0 spiro atoms. The van der Waals surface area contributed by atoms with Gasteiger partial charge in [-0.15, -0.1) is 11.3 Å². The number of nitrogens with two attached hydrogens (primary N) is 1. The number of hydrogen-bond acceptors (Lipinski definition) is 6. The SMILES string of the molecule is CN(Cc1ccc(Cl)s1)c1snc(N)c1-c1ccncc1. The number of hydrogen-bond donors (Lipinski definition) is 1. The Hall–Kier alpha value is -1.63. The molecule has 3 aromatic rings. The summed E-state index contributed by atoms with van der Waals surface area (Å²) >= 11 is 8.98. The topological polar surface area (TPSA) is 55.0 Å². The van der Waals surface area contributed by atoms with E-state index in [0.717, 1.165) is 27.0 Å². The van der Waals surface area contributed by atoms with Crippen molar-refractivity contribution in [2.45, 2.75) is 6.54 Å². The van der Waals surface area contributed by atoms with Crippen molar-refractivity contribution < 1.29 is 0 Å². The standard InChI is InChI=1S/C14H13ClN4S2/c1-19(8-10-2-3-11(15)20-10)14-12(13(16)18-21-14)9-4-6-17-7-5-9/h2-7H,8H2,1H3,(H2,16,18). The molecule has 4 nitrogen and oxygen atoms in total. The molecule has 0 saturated heterocycles. The second kappa shape index (κ2) is 6.01. The van der Waals surface area contributed by atoms with Crippen LogP contribution in [-0.2, 0) is 6.54 Å². The monoisotopic (exact) mass is 336 g/mol. The molecule has 0 amide bonds. The minimum atomic E-state index is 0.553. The maximum Gasteiger partial charge on any atom is 0.147 e. The first kappa shape index (κ1) is 14.3. The molecule has 3 aromatic heterocycles. The lowest BCUT2D eigenvalue weighted by Gasteiger charge is -2.17. The lowest BCUT2D eigenvalue weighted by atomic mass is 10.1. The fourth-order valence-electron chi connectivity index (χ4n) is 2.09. The van der Waals surface area contributed by atoms with Gasteiger partial charge in [-0.3, -0.25) is 4.98 Å². The number of halogens is 1. The Morgan fingerprint density at radius 1 is 1.24 bits per heavy atom. The highest BCUT2D eigenvalue weighted by Crippen LogP contribution is 2.39. The van der Waals surface area contributed by atoms with E-state index in [2.05, 4.69) is 14.3 Å². The summed E-state index contributed by atoms with van der Waals surface area (Å²) in [5.41, 5.74) is 8.04. The summed E-state index contributed by atoms with van der Waals surface area (Å²) in [6, 6.07) is 7.85. The van der Waals surface area contributed by atoms with E-state index in [9.17, 15) is 0 Å². The molecule has 0 aliphatic rings. The van der Waals surface area contributed by atoms with Crippen molar-refractivity contribution in [3.8, 4) is 11.1 Å². The maximum atomic E-state index is 6.04. The molecule has 3 heterocycles. The van der Waals surface area contributed by atoms with E-state index in [1.807, 2.05) is 31.3 Å². The van der Waals surface area contributed by atoms with Gasteiger partial charge in [-0.05, 0) is 41.4 Å². The van der Waals surface area contributed by atoms with Crippen LogP contribution in [0, 0.1) is 0 Å². The second-order valence-electron chi connectivity index (χ2n) is 4.55. The molecule has 0 aliphatic carbocycles. The van der Waals surface area contributed by atoms with Crippen LogP contribution in [0.25, 0.3) is 11.1 Å². The van der Waals surface area contributed by atoms with E-state index >= 15 is 0 Å². The Morgan fingerprint density at radius 2 is 2.00 bits per heavy atom. The highest BCUT2D eigenvalue weighted by Gasteiger charge is 2.17. The van der Waals surface area contributed by atoms with Crippen LogP contribution < -0.4 is 10.6 Å². The minimum Gasteiger partial charge on any atom is -0.382 e. The van der Waals surface area contributed by atoms with E-state index in [4.69, 9.17) is 17.3 Å². The predicted octanol–water partition coefficient (Wildman–Crippen LogP) is 4.14. The number of anilines is 2. The van der Waals surface area contributed by atoms with Gasteiger partial charge in [0.15, 0.2) is 0 Å². The maximum absolute atomic E-state index is 6.04. The zero-order valence-electron chi connectivity index (χ0n) is 11.3. The average Bonchev–Trinajstić information content (AvgIpc) is 3.06. The largest absolute Gasteiger partial charge is 0.382 e. The van der Waals surface area contributed by atoms with Crippen molar-refractivity contribution in [3.05, 3.63) is 45.9 Å². The van der Waals surface area contributed by atoms with Gasteiger partial charge in [0.25, 0.3) is 0 Å². The van der Waals surface area contributed by atoms with Gasteiger partial charge < -0.3 is 10.6 Å². The van der Waals surface area contributed by atoms with Crippen molar-refractivity contribution in [3.63, 3.8) is 0 Å². The van der Waals surface area contributed by atoms with Gasteiger partial charge in [-0.1, -0.05) is 11.6 Å². The fraction of sp³-hybridized carbons (Fsp3) is 0.143. The van der Waals surface area contributed by atoms with Crippen LogP contribution in [0.3, 0.4) is 0 Å². The van der Waals surface area contributed by atoms with E-state index in [1.165, 1.54) is 16.4 Å². The molecule has 0 atom stereocenters. The normalized spacial score (nSPS) is 10.8. The average molecular weight is 337 g/mol. The van der Waals surface area contributed by atoms with E-state index in [0.29, 0.717) is 5.82 Å². The molecule has 108 valence electrons. The molecule has 0 aliphatic heterocycles. The van der Waals surface area contributed by atoms with Crippen LogP contribution in [0.2, 0.25) is 4.34 Å². The summed E-state index contributed by atoms with van der Waals surface area (Å²) in [7, 11) is 2.03. The summed E-state index contributed by atoms with van der Waals surface area (Å²) in [6.07, 6.45) is 3.52. The predicted molar refractivity (Wildman–Crippen MR) is 91.2 cm³/mol. The Kier molecular flexibility index (Phi) is 4.10. The first-order chi connectivity index (χ1) is 10.1. The van der Waals surface area contributed by atoms with Crippen LogP contribution >= 0.6 is 34.5 Å². The van der Waals surface area contributed by atoms with Crippen molar-refractivity contribution in [2.75, 3.05) is 17.7 Å². The minimum absolute atomic E-state index is 0.553. The van der Waals surface area contributed by atoms with E-state index in [-0.39, 0.29) is 0 Å². The first-order valence-electron chi connectivity index (χ1n) is 6.26. The third-order valence-corrected chi connectivity index (χ3v) is 5.23. The summed E-state index contributed by atoms with van der Waals surface area (Å²) < 4.78 is 5.10. The van der Waals surface area contributed by atoms with Crippen molar-refractivity contribution in [1.82, 2.24) is 9.36 Å². The van der Waals surface area contributed by atoms with Crippen molar-refractivity contribution in [2.24, 2.45) is 0 Å². The van der Waals surface area contributed by atoms with Crippen molar-refractivity contribution >= 4 is 45.3 Å². The molecular formula is C14H13ClN4S2. The molecule has 0 saturated carbocycles. The molecule has 2 N–H and O–H groups in total. The van der Waals surface area contributed by atoms with Gasteiger partial charge in [0.2, 0.25) is 0 Å². The van der Waals surface area contributed by atoms with Crippen LogP contribution in [-0.4, -0.2) is 16.4 Å². The smallest absolute Gasteiger partial charge is 0.147 e. The Labute approximate surface area is 136 Å². The van der Waals surface area contributed by atoms with Crippen molar-refractivity contribution in [1.29, 1.82) is 0 Å². The lowest BCUT2D eigenvalue weighted by molar-refractivity contribution is 0.954. The third kappa shape index (κ3) is 3.02. The summed E-state index contributed by atoms with van der Waals surface area (Å²) in [5.74, 6) is 0.553. The number of nitrogens with zero attached hydrogens (tertiary/aromatic N) is 3. The molecule has 0 radical (unpaired) electrons. The summed E-state index contributed by atoms with van der Waals surface area (Å²) in [4.78, 5) is 7.39. The summed E-state index contributed by atoms with van der Waals surface area (Å²) in [6.45, 7) is 0.775. The quantitative estimate of drug-likeness (QED) is 0.778. The molecular weight excluding hydrogens is 324 g/mol. The highest BCUT2D eigenvalue weighted by atomic mass is 35.5. The van der Waals surface area contributed by atoms with Gasteiger partial charge in [0.05, 0.1) is 16.4 Å². The van der Waals surface area contributed by atoms with Gasteiger partial charge in [0.1, 0.15) is 10.8 Å². The highest BCUT2D eigenvalue weighted by molar-refractivity contribution is 7.16. The number of thiophene rings is 1. The van der Waals surface area contributed by atoms with Crippen LogP contribution in [0.1, 0.15) is 4.88 Å². The Balaban J connectivity index is 1.92. The van der Waals surface area contributed by atoms with Gasteiger partial charge in [0, 0.05) is 24.3 Å². The molecule has 0 aromatic carbocycles. The zero-order chi connectivity index (χ0) is 14.8. The van der Waals surface area contributed by atoms with Crippen LogP contribution in [0.5, 0.6) is 0 Å². The van der Waals surface area contributed by atoms with Crippen LogP contribution in [0.15, 0.2) is 36.7 Å². The van der Waals surface area contributed by atoms with Gasteiger partial charge in [-0.25, -0.2) is 0 Å². The van der Waals surface area contributed by atoms with Crippen LogP contribution in [0.4, 0.5) is 10.8 Å². The number of aromatic nitrogens is 2. The zero-order valence-corrected chi connectivity index (χ0v) is 13.7. The number of rotatable bonds is 4. The Morgan fingerprint density at radius 3 is 2.67 bits per heavy atom. The molecule has 0 fully saturated rings. The van der Waals surface area contributed by atoms with Gasteiger partial charge in [-0.2, -0.15) is 4.37 Å². The summed E-state index contributed by atoms with van der Waals surface area (Å²) in [5, 5.41) is 1.04. The third-order valence-electron chi connectivity index (χ3n) is 3.04. The second-order valence-corrected chi connectivity index (χ2v) is 7.10. The Bertz CT molecular complexity index is 739. The van der Waals surface area contributed by atoms with Gasteiger partial charge >= 0.3 is 0 Å². The molecule has 3 rings (SSSR count). The fourth-order valence-corrected chi connectivity index (χ4v) is 4.02. The van der Waals surface area contributed by atoms with E-state index < -0.39 is 0 Å². The molecule has 21 heavy (non-hydrogen) atoms. The number of pyridine rings is 1. The lowest BCUT2D eigenvalue weighted by Crippen LogP contribution is -2.15. The molecule has 0 bridgehead atoms. The first-order valence-corrected chi connectivity index (χ1v) is 8.23.